The van der Waals surface area contributed by atoms with Gasteiger partial charge in [0.25, 0.3) is 0 Å². The number of carbonyl (C=O) groups excluding carboxylic acids is 4. The van der Waals surface area contributed by atoms with Gasteiger partial charge < -0.3 is 37.5 Å². The van der Waals surface area contributed by atoms with Crippen LogP contribution in [0, 0.1) is 0 Å². The van der Waals surface area contributed by atoms with Crippen molar-refractivity contribution in [3.63, 3.8) is 0 Å². The van der Waals surface area contributed by atoms with Crippen molar-refractivity contribution < 1.29 is 37.1 Å². The number of halogens is 3. The summed E-state index contributed by atoms with van der Waals surface area (Å²) >= 11 is 0. The molecule has 0 saturated carbocycles. The lowest BCUT2D eigenvalue weighted by molar-refractivity contribution is -0.137. The first-order valence-electron chi connectivity index (χ1n) is 18.9. The number of hydrogen-bond donors (Lipinski definition) is 6. The van der Waals surface area contributed by atoms with Gasteiger partial charge in [0.2, 0.25) is 23.6 Å². The number of alkyl halides is 3. The van der Waals surface area contributed by atoms with Crippen molar-refractivity contribution in [2.75, 3.05) is 13.1 Å². The first kappa shape index (κ1) is 43.9. The van der Waals surface area contributed by atoms with E-state index in [1.54, 1.807) is 48.8 Å². The van der Waals surface area contributed by atoms with Gasteiger partial charge in [0.05, 0.1) is 12.0 Å². The minimum atomic E-state index is -4.45. The van der Waals surface area contributed by atoms with Crippen molar-refractivity contribution in [1.29, 1.82) is 0 Å². The lowest BCUT2D eigenvalue weighted by Crippen LogP contribution is -2.55. The lowest BCUT2D eigenvalue weighted by Gasteiger charge is -2.26. The van der Waals surface area contributed by atoms with E-state index in [-0.39, 0.29) is 31.9 Å². The van der Waals surface area contributed by atoms with E-state index in [1.807, 2.05) is 30.3 Å². The minimum absolute atomic E-state index is 0.00318. The molecule has 15 heteroatoms. The van der Waals surface area contributed by atoms with Crippen LogP contribution in [0.2, 0.25) is 0 Å². The van der Waals surface area contributed by atoms with Gasteiger partial charge in [-0.15, -0.1) is 0 Å². The Morgan fingerprint density at radius 2 is 1.25 bits per heavy atom. The third-order valence-electron chi connectivity index (χ3n) is 9.05. The summed E-state index contributed by atoms with van der Waals surface area (Å²) in [5.74, 6) is -1.68. The predicted molar refractivity (Wildman–Crippen MR) is 209 cm³/mol. The second-order valence-corrected chi connectivity index (χ2v) is 13.5. The minimum Gasteiger partial charge on any atom is -0.489 e. The number of nitrogens with two attached hydrogens (primary N) is 2. The van der Waals surface area contributed by atoms with E-state index in [4.69, 9.17) is 16.2 Å². The van der Waals surface area contributed by atoms with Crippen molar-refractivity contribution in [2.45, 2.75) is 82.4 Å². The van der Waals surface area contributed by atoms with Gasteiger partial charge in [0.1, 0.15) is 30.5 Å². The molecule has 57 heavy (non-hydrogen) atoms. The van der Waals surface area contributed by atoms with Crippen LogP contribution >= 0.6 is 0 Å². The zero-order valence-electron chi connectivity index (χ0n) is 31.6. The number of carbonyl (C=O) groups is 4. The molecule has 0 aliphatic heterocycles. The van der Waals surface area contributed by atoms with E-state index in [1.165, 1.54) is 12.1 Å². The maximum atomic E-state index is 14.1. The number of nitrogens with zero attached hydrogens (tertiary/aromatic N) is 1. The van der Waals surface area contributed by atoms with Gasteiger partial charge in [-0.3, -0.25) is 24.2 Å². The number of benzene rings is 3. The van der Waals surface area contributed by atoms with Crippen LogP contribution in [-0.4, -0.2) is 53.8 Å². The fraction of sp³-hybridized carbons (Fsp3) is 0.357. The number of amides is 4. The topological polar surface area (TPSA) is 191 Å². The molecule has 12 nitrogen and oxygen atoms in total. The van der Waals surface area contributed by atoms with Gasteiger partial charge in [0, 0.05) is 18.9 Å². The first-order chi connectivity index (χ1) is 27.5. The van der Waals surface area contributed by atoms with E-state index in [0.29, 0.717) is 62.1 Å². The van der Waals surface area contributed by atoms with Crippen LogP contribution in [0.25, 0.3) is 0 Å². The molecule has 0 fully saturated rings. The zero-order valence-corrected chi connectivity index (χ0v) is 31.6. The van der Waals surface area contributed by atoms with Gasteiger partial charge in [-0.2, -0.15) is 13.2 Å². The normalized spacial score (nSPS) is 12.8. The first-order valence-corrected chi connectivity index (χ1v) is 18.9. The summed E-state index contributed by atoms with van der Waals surface area (Å²) in [6.45, 7) is 0.952. The molecule has 304 valence electrons. The number of pyridine rings is 1. The van der Waals surface area contributed by atoms with E-state index in [0.717, 1.165) is 23.3 Å². The number of ether oxygens (including phenoxy) is 1. The van der Waals surface area contributed by atoms with Gasteiger partial charge in [0.15, 0.2) is 0 Å². The summed E-state index contributed by atoms with van der Waals surface area (Å²) < 4.78 is 44.7. The van der Waals surface area contributed by atoms with Crippen molar-refractivity contribution in [3.8, 4) is 5.75 Å². The molecule has 0 aliphatic carbocycles. The third kappa shape index (κ3) is 15.0. The van der Waals surface area contributed by atoms with Gasteiger partial charge >= 0.3 is 6.18 Å². The number of hydrogen-bond acceptors (Lipinski definition) is 8. The fourth-order valence-corrected chi connectivity index (χ4v) is 5.87. The Kier molecular flexibility index (Phi) is 17.5. The van der Waals surface area contributed by atoms with E-state index in [2.05, 4.69) is 26.3 Å². The van der Waals surface area contributed by atoms with Crippen LogP contribution in [-0.2, 0) is 44.9 Å². The Morgan fingerprint density at radius 3 is 1.84 bits per heavy atom. The highest BCUT2D eigenvalue weighted by atomic mass is 19.4. The zero-order chi connectivity index (χ0) is 41.0. The molecule has 0 bridgehead atoms. The standard InChI is InChI=1S/C42H50F3N7O5/c43-42(44,45)33-16-12-31(13-17-33)28-57-34-18-14-32(15-19-34)38(41(56)49-27-30-8-2-1-3-9-30)52-40(55)36(11-5-7-23-47)51-39(54)35(10-4-6-22-46)50-37(53)26-29-20-24-48-25-21-29/h1-3,8-9,12-21,24-25,35-36,38H,4-7,10-11,22-23,26-28,46-47H2,(H,49,56)(H,50,53)(H,51,54)(H,52,55)/t35-,36-,38-/m0/s1. The summed E-state index contributed by atoms with van der Waals surface area (Å²) in [5, 5.41) is 11.3. The van der Waals surface area contributed by atoms with Crippen LogP contribution in [0.4, 0.5) is 13.2 Å². The third-order valence-corrected chi connectivity index (χ3v) is 9.05. The summed E-state index contributed by atoms with van der Waals surface area (Å²) in [4.78, 5) is 58.6. The molecule has 1 aromatic heterocycles. The fourth-order valence-electron chi connectivity index (χ4n) is 5.87. The van der Waals surface area contributed by atoms with Crippen LogP contribution in [0.15, 0.2) is 103 Å². The Morgan fingerprint density at radius 1 is 0.649 bits per heavy atom. The highest BCUT2D eigenvalue weighted by Crippen LogP contribution is 2.29. The van der Waals surface area contributed by atoms with E-state index in [9.17, 15) is 32.3 Å². The molecule has 0 spiro atoms. The van der Waals surface area contributed by atoms with Crippen molar-refractivity contribution in [2.24, 2.45) is 11.5 Å². The van der Waals surface area contributed by atoms with Gasteiger partial charge in [-0.1, -0.05) is 54.6 Å². The number of nitrogens with one attached hydrogen (secondary N) is 4. The molecule has 3 atom stereocenters. The molecule has 0 saturated heterocycles. The molecule has 3 aromatic carbocycles. The molecule has 0 radical (unpaired) electrons. The second-order valence-electron chi connectivity index (χ2n) is 13.5. The van der Waals surface area contributed by atoms with E-state index < -0.39 is 47.6 Å². The molecule has 4 aromatic rings. The maximum absolute atomic E-state index is 14.1. The van der Waals surface area contributed by atoms with Crippen LogP contribution in [0.3, 0.4) is 0 Å². The Hall–Kier alpha value is -5.80. The molecule has 0 aliphatic rings. The molecular weight excluding hydrogens is 740 g/mol. The summed E-state index contributed by atoms with van der Waals surface area (Å²) in [7, 11) is 0. The highest BCUT2D eigenvalue weighted by Gasteiger charge is 2.31. The number of rotatable bonds is 22. The van der Waals surface area contributed by atoms with Gasteiger partial charge in [-0.25, -0.2) is 0 Å². The molecular formula is C42H50F3N7O5. The van der Waals surface area contributed by atoms with Crippen LogP contribution in [0.5, 0.6) is 5.75 Å². The summed E-state index contributed by atoms with van der Waals surface area (Å²) in [6.07, 6.45) is 1.49. The predicted octanol–water partition coefficient (Wildman–Crippen LogP) is 4.62. The van der Waals surface area contributed by atoms with Crippen molar-refractivity contribution >= 4 is 23.6 Å². The Bertz CT molecular complexity index is 1850. The molecule has 1 heterocycles. The number of unbranched alkanes of at least 4 members (excludes halogenated alkanes) is 2. The van der Waals surface area contributed by atoms with Crippen molar-refractivity contribution in [1.82, 2.24) is 26.3 Å². The molecule has 4 rings (SSSR count). The van der Waals surface area contributed by atoms with E-state index >= 15 is 0 Å². The average Bonchev–Trinajstić information content (AvgIpc) is 3.21. The Labute approximate surface area is 330 Å². The van der Waals surface area contributed by atoms with Crippen LogP contribution in [0.1, 0.15) is 72.4 Å². The largest absolute Gasteiger partial charge is 0.489 e. The highest BCUT2D eigenvalue weighted by molar-refractivity contribution is 5.94. The Balaban J connectivity index is 1.51. The van der Waals surface area contributed by atoms with Crippen LogP contribution < -0.4 is 37.5 Å². The van der Waals surface area contributed by atoms with Gasteiger partial charge in [-0.05, 0) is 110 Å². The second kappa shape index (κ2) is 22.7. The molecule has 0 unspecified atom stereocenters. The monoisotopic (exact) mass is 789 g/mol. The summed E-state index contributed by atoms with van der Waals surface area (Å²) in [5.41, 5.74) is 13.2. The average molecular weight is 790 g/mol. The van der Waals surface area contributed by atoms with Crippen molar-refractivity contribution in [3.05, 3.63) is 131 Å². The summed E-state index contributed by atoms with van der Waals surface area (Å²) in [6, 6.07) is 20.4. The smallest absolute Gasteiger partial charge is 0.416 e. The SMILES string of the molecule is NCCCC[C@H](NC(=O)Cc1ccncc1)C(=O)N[C@@H](CCCCN)C(=O)N[C@H](C(=O)NCc1ccccc1)c1ccc(OCc2ccc(C(F)(F)F)cc2)cc1. The molecule has 8 N–H and O–H groups in total. The lowest BCUT2D eigenvalue weighted by atomic mass is 10.0. The maximum Gasteiger partial charge on any atom is 0.416 e. The number of aromatic nitrogens is 1. The molecule has 4 amide bonds. The quantitative estimate of drug-likeness (QED) is 0.0622.